The lowest BCUT2D eigenvalue weighted by atomic mass is 9.85. The number of halogens is 3. The van der Waals surface area contributed by atoms with Crippen molar-refractivity contribution < 1.29 is 22.5 Å². The quantitative estimate of drug-likeness (QED) is 0.741. The molecule has 2 atom stereocenters. The largest absolute Gasteiger partial charge is 0.337 e. The van der Waals surface area contributed by atoms with Gasteiger partial charge in [-0.2, -0.15) is 4.98 Å². The summed E-state index contributed by atoms with van der Waals surface area (Å²) >= 11 is 0. The second kappa shape index (κ2) is 8.14. The molecule has 0 radical (unpaired) electrons. The van der Waals surface area contributed by atoms with E-state index in [1.807, 2.05) is 0 Å². The summed E-state index contributed by atoms with van der Waals surface area (Å²) in [5.74, 6) is -1.98. The summed E-state index contributed by atoms with van der Waals surface area (Å²) in [6.45, 7) is 0.552. The van der Waals surface area contributed by atoms with E-state index in [1.54, 1.807) is 4.90 Å². The fourth-order valence-electron chi connectivity index (χ4n) is 3.95. The van der Waals surface area contributed by atoms with Gasteiger partial charge in [-0.25, -0.2) is 13.2 Å². The molecule has 2 heterocycles. The maximum absolute atomic E-state index is 13.8. The second-order valence-corrected chi connectivity index (χ2v) is 7.89. The lowest BCUT2D eigenvalue weighted by molar-refractivity contribution is -0.132. The Morgan fingerprint density at radius 1 is 1.17 bits per heavy atom. The highest BCUT2D eigenvalue weighted by atomic mass is 19.2. The van der Waals surface area contributed by atoms with Gasteiger partial charge < -0.3 is 15.2 Å². The molecule has 1 aliphatic carbocycles. The van der Waals surface area contributed by atoms with Crippen molar-refractivity contribution in [3.05, 3.63) is 46.9 Å². The summed E-state index contributed by atoms with van der Waals surface area (Å²) in [6, 6.07) is 0.270. The van der Waals surface area contributed by atoms with Crippen LogP contribution in [0.1, 0.15) is 67.8 Å². The normalized spacial score (nSPS) is 20.7. The Hall–Kier alpha value is -2.42. The Balaban J connectivity index is 1.39. The highest BCUT2D eigenvalue weighted by Gasteiger charge is 2.35. The maximum atomic E-state index is 13.8. The lowest BCUT2D eigenvalue weighted by Crippen LogP contribution is -2.36. The Bertz CT molecular complexity index is 900. The van der Waals surface area contributed by atoms with Gasteiger partial charge in [-0.15, -0.1) is 0 Å². The maximum Gasteiger partial charge on any atom is 0.249 e. The zero-order valence-corrected chi connectivity index (χ0v) is 15.9. The standard InChI is InChI=1S/C20H23F3N4O2/c21-14-10-16(23)15(22)8-12(14)7-13(24)9-18(28)27-6-2-5-17(27)20-25-19(26-29-20)11-3-1-4-11/h8,10-11,13,17H,1-7,9,24H2/t13?,17-/m0/s1. The second-order valence-electron chi connectivity index (χ2n) is 7.89. The first kappa shape index (κ1) is 19.9. The third kappa shape index (κ3) is 4.14. The number of aromatic nitrogens is 2. The van der Waals surface area contributed by atoms with Gasteiger partial charge in [-0.05, 0) is 43.7 Å². The Kier molecular flexibility index (Phi) is 5.58. The van der Waals surface area contributed by atoms with Crippen LogP contribution in [0.4, 0.5) is 13.2 Å². The van der Waals surface area contributed by atoms with Crippen molar-refractivity contribution in [2.45, 2.75) is 62.9 Å². The summed E-state index contributed by atoms with van der Waals surface area (Å²) in [7, 11) is 0. The number of hydrogen-bond donors (Lipinski definition) is 1. The van der Waals surface area contributed by atoms with Crippen molar-refractivity contribution in [2.24, 2.45) is 5.73 Å². The molecule has 156 valence electrons. The first-order valence-electron chi connectivity index (χ1n) is 9.94. The van der Waals surface area contributed by atoms with Crippen LogP contribution in [0.25, 0.3) is 0 Å². The molecule has 2 N–H and O–H groups in total. The van der Waals surface area contributed by atoms with Gasteiger partial charge in [0.2, 0.25) is 11.8 Å². The SMILES string of the molecule is NC(CC(=O)N1CCC[C@H]1c1nc(C2CCC2)no1)Cc1cc(F)c(F)cc1F. The van der Waals surface area contributed by atoms with Gasteiger partial charge in [-0.1, -0.05) is 11.6 Å². The molecule has 9 heteroatoms. The average Bonchev–Trinajstić information content (AvgIpc) is 3.27. The van der Waals surface area contributed by atoms with E-state index >= 15 is 0 Å². The van der Waals surface area contributed by atoms with Crippen LogP contribution in [0.2, 0.25) is 0 Å². The molecular weight excluding hydrogens is 385 g/mol. The topological polar surface area (TPSA) is 85.3 Å². The highest BCUT2D eigenvalue weighted by Crippen LogP contribution is 2.37. The first-order chi connectivity index (χ1) is 13.9. The molecule has 1 aliphatic heterocycles. The van der Waals surface area contributed by atoms with Gasteiger partial charge in [0.15, 0.2) is 17.5 Å². The van der Waals surface area contributed by atoms with Crippen molar-refractivity contribution in [3.8, 4) is 0 Å². The van der Waals surface area contributed by atoms with Crippen molar-refractivity contribution in [3.63, 3.8) is 0 Å². The average molecular weight is 408 g/mol. The first-order valence-corrected chi connectivity index (χ1v) is 9.94. The summed E-state index contributed by atoms with van der Waals surface area (Å²) in [5, 5.41) is 4.06. The third-order valence-electron chi connectivity index (χ3n) is 5.79. The number of nitrogens with zero attached hydrogens (tertiary/aromatic N) is 3. The van der Waals surface area contributed by atoms with Gasteiger partial charge in [0, 0.05) is 31.0 Å². The Labute approximate surface area is 166 Å². The Morgan fingerprint density at radius 3 is 2.66 bits per heavy atom. The zero-order valence-electron chi connectivity index (χ0n) is 15.9. The smallest absolute Gasteiger partial charge is 0.249 e. The van der Waals surface area contributed by atoms with Crippen LogP contribution in [-0.4, -0.2) is 33.5 Å². The monoisotopic (exact) mass is 408 g/mol. The summed E-state index contributed by atoms with van der Waals surface area (Å²) < 4.78 is 45.7. The number of carbonyl (C=O) groups excluding carboxylic acids is 1. The molecule has 1 amide bonds. The van der Waals surface area contributed by atoms with E-state index in [9.17, 15) is 18.0 Å². The van der Waals surface area contributed by atoms with Crippen LogP contribution in [-0.2, 0) is 11.2 Å². The molecule has 4 rings (SSSR count). The van der Waals surface area contributed by atoms with Crippen molar-refractivity contribution in [2.75, 3.05) is 6.54 Å². The van der Waals surface area contributed by atoms with E-state index < -0.39 is 23.5 Å². The molecule has 1 unspecified atom stereocenters. The molecule has 2 aromatic rings. The van der Waals surface area contributed by atoms with Crippen molar-refractivity contribution in [1.29, 1.82) is 0 Å². The van der Waals surface area contributed by atoms with Crippen LogP contribution in [0.15, 0.2) is 16.7 Å². The number of likely N-dealkylation sites (tertiary alicyclic amines) is 1. The minimum absolute atomic E-state index is 0.0431. The fourth-order valence-corrected chi connectivity index (χ4v) is 3.95. The highest BCUT2D eigenvalue weighted by molar-refractivity contribution is 5.77. The molecule has 0 spiro atoms. The van der Waals surface area contributed by atoms with Crippen molar-refractivity contribution in [1.82, 2.24) is 15.0 Å². The minimum Gasteiger partial charge on any atom is -0.337 e. The number of amides is 1. The van der Waals surface area contributed by atoms with Crippen molar-refractivity contribution >= 4 is 5.91 Å². The molecule has 1 saturated carbocycles. The van der Waals surface area contributed by atoms with Crippen LogP contribution >= 0.6 is 0 Å². The molecule has 1 saturated heterocycles. The summed E-state index contributed by atoms with van der Waals surface area (Å²) in [4.78, 5) is 18.9. The number of rotatable bonds is 6. The molecule has 1 aromatic carbocycles. The molecule has 0 bridgehead atoms. The third-order valence-corrected chi connectivity index (χ3v) is 5.79. The van der Waals surface area contributed by atoms with Crippen LogP contribution < -0.4 is 5.73 Å². The predicted octanol–water partition coefficient (Wildman–Crippen LogP) is 3.38. The minimum atomic E-state index is -1.25. The van der Waals surface area contributed by atoms with Gasteiger partial charge in [0.05, 0.1) is 0 Å². The number of benzene rings is 1. The molecule has 1 aromatic heterocycles. The number of hydrogen-bond acceptors (Lipinski definition) is 5. The Morgan fingerprint density at radius 2 is 1.93 bits per heavy atom. The van der Waals surface area contributed by atoms with Crippen LogP contribution in [0.3, 0.4) is 0 Å². The summed E-state index contributed by atoms with van der Waals surface area (Å²) in [6.07, 6.45) is 4.70. The van der Waals surface area contributed by atoms with E-state index in [1.165, 1.54) is 6.42 Å². The van der Waals surface area contributed by atoms with Gasteiger partial charge in [0.1, 0.15) is 11.9 Å². The predicted molar refractivity (Wildman–Crippen MR) is 97.2 cm³/mol. The van der Waals surface area contributed by atoms with E-state index in [2.05, 4.69) is 10.1 Å². The number of carbonyl (C=O) groups is 1. The molecular formula is C20H23F3N4O2. The van der Waals surface area contributed by atoms with Gasteiger partial charge in [-0.3, -0.25) is 4.79 Å². The molecule has 6 nitrogen and oxygen atoms in total. The van der Waals surface area contributed by atoms with E-state index in [0.717, 1.165) is 31.7 Å². The molecule has 2 fully saturated rings. The van der Waals surface area contributed by atoms with E-state index in [4.69, 9.17) is 10.3 Å². The summed E-state index contributed by atoms with van der Waals surface area (Å²) in [5.41, 5.74) is 5.95. The van der Waals surface area contributed by atoms with Gasteiger partial charge >= 0.3 is 0 Å². The molecule has 2 aliphatic rings. The van der Waals surface area contributed by atoms with Crippen LogP contribution in [0, 0.1) is 17.5 Å². The fraction of sp³-hybridized carbons (Fsp3) is 0.550. The van der Waals surface area contributed by atoms with E-state index in [-0.39, 0.29) is 30.4 Å². The lowest BCUT2D eigenvalue weighted by Gasteiger charge is -2.24. The number of nitrogens with two attached hydrogens (primary N) is 1. The van der Waals surface area contributed by atoms with E-state index in [0.29, 0.717) is 30.2 Å². The van der Waals surface area contributed by atoms with Gasteiger partial charge in [0.25, 0.3) is 0 Å². The zero-order chi connectivity index (χ0) is 20.5. The van der Waals surface area contributed by atoms with Crippen LogP contribution in [0.5, 0.6) is 0 Å². The molecule has 29 heavy (non-hydrogen) atoms.